The molecule has 200 valence electrons. The molecule has 0 bridgehead atoms. The number of nitrogens with one attached hydrogen (secondary N) is 2. The van der Waals surface area contributed by atoms with Crippen LogP contribution in [-0.4, -0.2) is 48.4 Å². The first-order valence-corrected chi connectivity index (χ1v) is 11.8. The van der Waals surface area contributed by atoms with Crippen molar-refractivity contribution in [1.82, 2.24) is 10.6 Å². The van der Waals surface area contributed by atoms with E-state index in [1.165, 1.54) is 6.07 Å². The van der Waals surface area contributed by atoms with Crippen LogP contribution < -0.4 is 15.4 Å². The number of amides is 1. The molecule has 2 aromatic rings. The average molecular weight is 524 g/mol. The van der Waals surface area contributed by atoms with Gasteiger partial charge in [-0.1, -0.05) is 43.7 Å². The molecule has 11 heteroatoms. The number of nitriles is 1. The first-order valence-electron chi connectivity index (χ1n) is 11.8. The number of rotatable bonds is 8. The molecule has 1 fully saturated rings. The Kier molecular flexibility index (Phi) is 11.3. The van der Waals surface area contributed by atoms with Gasteiger partial charge in [-0.15, -0.1) is 0 Å². The van der Waals surface area contributed by atoms with Crippen molar-refractivity contribution < 1.29 is 37.0 Å². The lowest BCUT2D eigenvalue weighted by Crippen LogP contribution is -2.49. The normalized spacial score (nSPS) is 15.9. The number of hydrogen-bond acceptors (Lipinski definition) is 5. The lowest BCUT2D eigenvalue weighted by Gasteiger charge is -2.23. The van der Waals surface area contributed by atoms with E-state index in [0.717, 1.165) is 48.9 Å². The third-order valence-electron chi connectivity index (χ3n) is 5.46. The number of carboxylic acids is 1. The topological polar surface area (TPSA) is 111 Å². The quantitative estimate of drug-likeness (QED) is 0.436. The summed E-state index contributed by atoms with van der Waals surface area (Å²) in [5.41, 5.74) is 2.57. The van der Waals surface area contributed by atoms with E-state index in [2.05, 4.69) is 16.7 Å². The molecule has 1 aliphatic heterocycles. The largest absolute Gasteiger partial charge is 0.491 e. The second-order valence-electron chi connectivity index (χ2n) is 8.39. The number of nitrogens with zero attached hydrogens (tertiary/aromatic N) is 1. The van der Waals surface area contributed by atoms with Gasteiger partial charge in [0.15, 0.2) is 11.6 Å². The predicted octanol–water partition coefficient (Wildman–Crippen LogP) is 4.61. The molecule has 2 atom stereocenters. The first-order chi connectivity index (χ1) is 17.5. The SMILES string of the molecule is CCCOc1ccc(-c2ccc(C[C@@H](C#N)NC(=O)[C@@H]3CCCCN3)cc2)cc1F.O=C(O)C(F)(F)F. The number of piperidine rings is 1. The molecule has 0 saturated carbocycles. The Bertz CT molecular complexity index is 1080. The van der Waals surface area contributed by atoms with Crippen molar-refractivity contribution in [1.29, 1.82) is 5.26 Å². The number of carboxylic acid groups (broad SMARTS) is 1. The van der Waals surface area contributed by atoms with Crippen molar-refractivity contribution in [3.05, 3.63) is 53.8 Å². The average Bonchev–Trinajstić information content (AvgIpc) is 2.88. The zero-order chi connectivity index (χ0) is 27.4. The number of ether oxygens (including phenoxy) is 1. The molecule has 37 heavy (non-hydrogen) atoms. The van der Waals surface area contributed by atoms with Gasteiger partial charge in [0.1, 0.15) is 6.04 Å². The van der Waals surface area contributed by atoms with E-state index in [1.807, 2.05) is 37.3 Å². The second-order valence-corrected chi connectivity index (χ2v) is 8.39. The predicted molar refractivity (Wildman–Crippen MR) is 128 cm³/mol. The number of carbonyl (C=O) groups excluding carboxylic acids is 1. The fourth-order valence-corrected chi connectivity index (χ4v) is 3.56. The number of benzene rings is 2. The second kappa shape index (κ2) is 14.2. The molecular formula is C26H29F4N3O4. The summed E-state index contributed by atoms with van der Waals surface area (Å²) in [6.45, 7) is 3.30. The minimum atomic E-state index is -5.08. The highest BCUT2D eigenvalue weighted by Crippen LogP contribution is 2.26. The Hall–Kier alpha value is -3.65. The zero-order valence-electron chi connectivity index (χ0n) is 20.3. The number of carbonyl (C=O) groups is 2. The van der Waals surface area contributed by atoms with Gasteiger partial charge in [-0.05, 0) is 54.6 Å². The van der Waals surface area contributed by atoms with Gasteiger partial charge in [0.05, 0.1) is 18.7 Å². The summed E-state index contributed by atoms with van der Waals surface area (Å²) in [6, 6.07) is 13.9. The molecule has 1 aliphatic rings. The van der Waals surface area contributed by atoms with Gasteiger partial charge in [-0.2, -0.15) is 18.4 Å². The van der Waals surface area contributed by atoms with Gasteiger partial charge >= 0.3 is 12.1 Å². The Labute approximate surface area is 212 Å². The van der Waals surface area contributed by atoms with Crippen LogP contribution in [0, 0.1) is 17.1 Å². The number of halogens is 4. The lowest BCUT2D eigenvalue weighted by atomic mass is 10.00. The van der Waals surface area contributed by atoms with Gasteiger partial charge in [-0.25, -0.2) is 9.18 Å². The van der Waals surface area contributed by atoms with Crippen molar-refractivity contribution in [2.75, 3.05) is 13.2 Å². The highest BCUT2D eigenvalue weighted by molar-refractivity contribution is 5.82. The highest BCUT2D eigenvalue weighted by atomic mass is 19.4. The molecule has 1 amide bonds. The fourth-order valence-electron chi connectivity index (χ4n) is 3.56. The number of hydrogen-bond donors (Lipinski definition) is 3. The molecule has 0 spiro atoms. The van der Waals surface area contributed by atoms with Crippen LogP contribution in [0.1, 0.15) is 38.2 Å². The van der Waals surface area contributed by atoms with Gasteiger partial charge in [0.2, 0.25) is 5.91 Å². The van der Waals surface area contributed by atoms with Gasteiger partial charge in [0.25, 0.3) is 0 Å². The minimum absolute atomic E-state index is 0.112. The maximum Gasteiger partial charge on any atom is 0.490 e. The molecule has 2 aromatic carbocycles. The maximum atomic E-state index is 14.2. The van der Waals surface area contributed by atoms with Gasteiger partial charge < -0.3 is 20.5 Å². The molecule has 1 heterocycles. The molecule has 7 nitrogen and oxygen atoms in total. The van der Waals surface area contributed by atoms with Crippen LogP contribution in [0.4, 0.5) is 17.6 Å². The van der Waals surface area contributed by atoms with Crippen molar-refractivity contribution in [3.8, 4) is 22.9 Å². The summed E-state index contributed by atoms with van der Waals surface area (Å²) in [7, 11) is 0. The molecule has 3 rings (SSSR count). The van der Waals surface area contributed by atoms with Crippen LogP contribution in [0.5, 0.6) is 5.75 Å². The number of alkyl halides is 3. The molecule has 0 unspecified atom stereocenters. The molecule has 0 radical (unpaired) electrons. The summed E-state index contributed by atoms with van der Waals surface area (Å²) in [5, 5.41) is 22.6. The smallest absolute Gasteiger partial charge is 0.490 e. The van der Waals surface area contributed by atoms with Crippen molar-refractivity contribution in [2.45, 2.75) is 57.3 Å². The third kappa shape index (κ3) is 9.73. The van der Waals surface area contributed by atoms with E-state index in [0.29, 0.717) is 13.0 Å². The lowest BCUT2D eigenvalue weighted by molar-refractivity contribution is -0.192. The molecule has 0 aromatic heterocycles. The highest BCUT2D eigenvalue weighted by Gasteiger charge is 2.38. The van der Waals surface area contributed by atoms with Crippen molar-refractivity contribution in [2.24, 2.45) is 0 Å². The van der Waals surface area contributed by atoms with Gasteiger partial charge in [-0.3, -0.25) is 4.79 Å². The minimum Gasteiger partial charge on any atom is -0.491 e. The zero-order valence-corrected chi connectivity index (χ0v) is 20.3. The molecule has 0 aliphatic carbocycles. The fraction of sp³-hybridized carbons (Fsp3) is 0.423. The monoisotopic (exact) mass is 523 g/mol. The van der Waals surface area contributed by atoms with Crippen LogP contribution in [-0.2, 0) is 16.0 Å². The van der Waals surface area contributed by atoms with Crippen LogP contribution >= 0.6 is 0 Å². The third-order valence-corrected chi connectivity index (χ3v) is 5.46. The van der Waals surface area contributed by atoms with E-state index in [-0.39, 0.29) is 23.5 Å². The molecular weight excluding hydrogens is 494 g/mol. The van der Waals surface area contributed by atoms with Crippen LogP contribution in [0.2, 0.25) is 0 Å². The molecule has 3 N–H and O–H groups in total. The Balaban J connectivity index is 0.000000604. The summed E-state index contributed by atoms with van der Waals surface area (Å²) in [6.07, 6.45) is -0.929. The van der Waals surface area contributed by atoms with E-state index in [4.69, 9.17) is 14.6 Å². The van der Waals surface area contributed by atoms with Crippen LogP contribution in [0.15, 0.2) is 42.5 Å². The Morgan fingerprint density at radius 2 is 1.84 bits per heavy atom. The van der Waals surface area contributed by atoms with E-state index in [9.17, 15) is 27.6 Å². The standard InChI is InChI=1S/C24H28FN3O2.C2HF3O2/c1-2-13-30-23-11-10-19(15-21(23)25)18-8-6-17(7-9-18)14-20(16-26)28-24(29)22-5-3-4-12-27-22;3-2(4,5)1(6)7/h6-11,15,20,22,27H,2-5,12-14H2,1H3,(H,28,29);(H,6,7)/t20-,22-;/m0./s1. The Morgan fingerprint density at radius 1 is 1.19 bits per heavy atom. The van der Waals surface area contributed by atoms with E-state index >= 15 is 0 Å². The van der Waals surface area contributed by atoms with Crippen molar-refractivity contribution in [3.63, 3.8) is 0 Å². The maximum absolute atomic E-state index is 14.2. The first kappa shape index (κ1) is 29.6. The summed E-state index contributed by atoms with van der Waals surface area (Å²) < 4.78 is 51.3. The summed E-state index contributed by atoms with van der Waals surface area (Å²) in [4.78, 5) is 21.2. The van der Waals surface area contributed by atoms with Crippen molar-refractivity contribution >= 4 is 11.9 Å². The van der Waals surface area contributed by atoms with E-state index in [1.54, 1.807) is 6.07 Å². The van der Waals surface area contributed by atoms with Crippen LogP contribution in [0.25, 0.3) is 11.1 Å². The van der Waals surface area contributed by atoms with Crippen LogP contribution in [0.3, 0.4) is 0 Å². The summed E-state index contributed by atoms with van der Waals surface area (Å²) in [5.74, 6) is -2.99. The molecule has 1 saturated heterocycles. The van der Waals surface area contributed by atoms with E-state index < -0.39 is 18.2 Å². The Morgan fingerprint density at radius 3 is 2.35 bits per heavy atom. The van der Waals surface area contributed by atoms with Gasteiger partial charge in [0, 0.05) is 6.42 Å². The number of aliphatic carboxylic acids is 1. The summed E-state index contributed by atoms with van der Waals surface area (Å²) >= 11 is 0.